The lowest BCUT2D eigenvalue weighted by atomic mass is 9.82. The van der Waals surface area contributed by atoms with Crippen molar-refractivity contribution in [3.8, 4) is 0 Å². The van der Waals surface area contributed by atoms with Crippen molar-refractivity contribution in [3.63, 3.8) is 0 Å². The van der Waals surface area contributed by atoms with Crippen LogP contribution in [0, 0.1) is 0 Å². The molecule has 2 aliphatic rings. The number of nitrogens with one attached hydrogen (secondary N) is 1. The molecule has 5 nitrogen and oxygen atoms in total. The predicted octanol–water partition coefficient (Wildman–Crippen LogP) is 6.20. The molecule has 0 radical (unpaired) electrons. The number of halogens is 3. The van der Waals surface area contributed by atoms with Gasteiger partial charge in [0.1, 0.15) is 9.85 Å². The van der Waals surface area contributed by atoms with Gasteiger partial charge in [0.2, 0.25) is 0 Å². The number of piperazine rings is 1. The monoisotopic (exact) mass is 501 g/mol. The standard InChI is InChI=1S/C24H33Cl2N3O2.ClH/c1-22(2,3)16-12-17(15-6-8-24(25,26)9-7-15)28-18-13-19(31-20(16)18)21(30)29-11-10-27-14-23(29,4)5;/h12-13,15,27H,6-11,14H2,1-5H3;1H. The van der Waals surface area contributed by atoms with Crippen LogP contribution < -0.4 is 5.32 Å². The average molecular weight is 503 g/mol. The second kappa shape index (κ2) is 8.98. The van der Waals surface area contributed by atoms with Crippen LogP contribution in [0.25, 0.3) is 11.1 Å². The molecule has 2 fully saturated rings. The van der Waals surface area contributed by atoms with E-state index in [0.717, 1.165) is 55.5 Å². The molecule has 1 aliphatic carbocycles. The van der Waals surface area contributed by atoms with Crippen LogP contribution in [0.5, 0.6) is 0 Å². The summed E-state index contributed by atoms with van der Waals surface area (Å²) in [6.07, 6.45) is 3.35. The predicted molar refractivity (Wildman–Crippen MR) is 134 cm³/mol. The molecule has 1 N–H and O–H groups in total. The third-order valence-corrected chi connectivity index (χ3v) is 7.45. The SMILES string of the molecule is CC(C)(C)c1cc(C2CCC(Cl)(Cl)CC2)nc2cc(C(=O)N3CCNCC3(C)C)oc12.Cl. The first-order valence-corrected chi connectivity index (χ1v) is 12.0. The van der Waals surface area contributed by atoms with E-state index < -0.39 is 4.33 Å². The number of carbonyl (C=O) groups is 1. The number of hydrogen-bond donors (Lipinski definition) is 1. The van der Waals surface area contributed by atoms with Crippen molar-refractivity contribution in [3.05, 3.63) is 29.2 Å². The summed E-state index contributed by atoms with van der Waals surface area (Å²) in [6.45, 7) is 12.9. The summed E-state index contributed by atoms with van der Waals surface area (Å²) in [5, 5.41) is 3.36. The van der Waals surface area contributed by atoms with E-state index in [-0.39, 0.29) is 29.3 Å². The number of nitrogens with zero attached hydrogens (tertiary/aromatic N) is 2. The lowest BCUT2D eigenvalue weighted by Crippen LogP contribution is -2.59. The molecule has 0 atom stereocenters. The highest BCUT2D eigenvalue weighted by Gasteiger charge is 2.37. The lowest BCUT2D eigenvalue weighted by molar-refractivity contribution is 0.0448. The maximum Gasteiger partial charge on any atom is 0.290 e. The van der Waals surface area contributed by atoms with Gasteiger partial charge in [0.05, 0.1) is 5.54 Å². The first-order valence-electron chi connectivity index (χ1n) is 11.2. The fraction of sp³-hybridized carbons (Fsp3) is 0.667. The third kappa shape index (κ3) is 5.06. The number of rotatable bonds is 2. The molecule has 1 amide bonds. The van der Waals surface area contributed by atoms with Gasteiger partial charge in [0.15, 0.2) is 11.3 Å². The molecule has 3 heterocycles. The van der Waals surface area contributed by atoms with Crippen LogP contribution in [0.1, 0.15) is 88.0 Å². The topological polar surface area (TPSA) is 58.4 Å². The minimum Gasteiger partial charge on any atom is -0.449 e. The van der Waals surface area contributed by atoms with Gasteiger partial charge in [-0.1, -0.05) is 20.8 Å². The molecule has 0 bridgehead atoms. The molecule has 32 heavy (non-hydrogen) atoms. The van der Waals surface area contributed by atoms with E-state index >= 15 is 0 Å². The van der Waals surface area contributed by atoms with Crippen molar-refractivity contribution >= 4 is 52.6 Å². The molecule has 4 rings (SSSR count). The number of alkyl halides is 2. The molecule has 2 aromatic heterocycles. The van der Waals surface area contributed by atoms with Gasteiger partial charge in [0.25, 0.3) is 5.91 Å². The molecule has 0 spiro atoms. The molecule has 178 valence electrons. The van der Waals surface area contributed by atoms with Crippen LogP contribution in [0.15, 0.2) is 16.5 Å². The van der Waals surface area contributed by atoms with Gasteiger partial charge in [-0.25, -0.2) is 4.98 Å². The Morgan fingerprint density at radius 2 is 1.88 bits per heavy atom. The van der Waals surface area contributed by atoms with E-state index in [4.69, 9.17) is 32.6 Å². The zero-order chi connectivity index (χ0) is 22.6. The van der Waals surface area contributed by atoms with Crippen molar-refractivity contribution in [2.75, 3.05) is 19.6 Å². The Labute approximate surface area is 207 Å². The van der Waals surface area contributed by atoms with E-state index in [0.29, 0.717) is 23.8 Å². The van der Waals surface area contributed by atoms with Crippen LogP contribution in [0.4, 0.5) is 0 Å². The van der Waals surface area contributed by atoms with Gasteiger partial charge in [-0.05, 0) is 51.0 Å². The van der Waals surface area contributed by atoms with E-state index in [1.165, 1.54) is 0 Å². The summed E-state index contributed by atoms with van der Waals surface area (Å²) >= 11 is 12.7. The van der Waals surface area contributed by atoms with Crippen molar-refractivity contribution in [2.24, 2.45) is 0 Å². The minimum absolute atomic E-state index is 0. The Morgan fingerprint density at radius 1 is 1.22 bits per heavy atom. The number of aromatic nitrogens is 1. The quantitative estimate of drug-likeness (QED) is 0.497. The van der Waals surface area contributed by atoms with Gasteiger partial charge < -0.3 is 14.6 Å². The van der Waals surface area contributed by atoms with E-state index in [2.05, 4.69) is 46.0 Å². The van der Waals surface area contributed by atoms with Crippen molar-refractivity contribution in [1.29, 1.82) is 0 Å². The summed E-state index contributed by atoms with van der Waals surface area (Å²) in [5.74, 6) is 0.610. The van der Waals surface area contributed by atoms with Gasteiger partial charge in [-0.3, -0.25) is 4.79 Å². The smallest absolute Gasteiger partial charge is 0.290 e. The van der Waals surface area contributed by atoms with Gasteiger partial charge in [-0.2, -0.15) is 0 Å². The first kappa shape index (κ1) is 25.6. The second-order valence-electron chi connectivity index (χ2n) is 10.7. The Hall–Kier alpha value is -1.01. The fourth-order valence-electron chi connectivity index (χ4n) is 4.74. The van der Waals surface area contributed by atoms with Crippen LogP contribution in [-0.2, 0) is 5.41 Å². The molecule has 1 saturated carbocycles. The van der Waals surface area contributed by atoms with Crippen LogP contribution in [0.3, 0.4) is 0 Å². The van der Waals surface area contributed by atoms with Crippen molar-refractivity contribution in [2.45, 2.75) is 81.5 Å². The summed E-state index contributed by atoms with van der Waals surface area (Å²) in [4.78, 5) is 20.2. The highest BCUT2D eigenvalue weighted by molar-refractivity contribution is 6.48. The van der Waals surface area contributed by atoms with Gasteiger partial charge >= 0.3 is 0 Å². The fourth-order valence-corrected chi connectivity index (χ4v) is 5.18. The van der Waals surface area contributed by atoms with Crippen LogP contribution in [0.2, 0.25) is 0 Å². The number of fused-ring (bicyclic) bond motifs is 1. The molecule has 1 aliphatic heterocycles. The molecular formula is C24H34Cl3N3O2. The summed E-state index contributed by atoms with van der Waals surface area (Å²) < 4.78 is 5.57. The molecule has 1 saturated heterocycles. The van der Waals surface area contributed by atoms with Crippen molar-refractivity contribution in [1.82, 2.24) is 15.2 Å². The molecule has 0 unspecified atom stereocenters. The Morgan fingerprint density at radius 3 is 2.47 bits per heavy atom. The third-order valence-electron chi connectivity index (χ3n) is 6.70. The van der Waals surface area contributed by atoms with Crippen LogP contribution in [-0.4, -0.2) is 45.3 Å². The van der Waals surface area contributed by atoms with E-state index in [1.54, 1.807) is 0 Å². The van der Waals surface area contributed by atoms with Crippen molar-refractivity contribution < 1.29 is 9.21 Å². The summed E-state index contributed by atoms with van der Waals surface area (Å²) in [7, 11) is 0. The first-order chi connectivity index (χ1) is 14.4. The van der Waals surface area contributed by atoms with E-state index in [9.17, 15) is 4.79 Å². The molecule has 0 aromatic carbocycles. The highest BCUT2D eigenvalue weighted by atomic mass is 35.5. The number of pyridine rings is 1. The normalized spacial score (nSPS) is 21.4. The Bertz CT molecular complexity index is 984. The number of carbonyl (C=O) groups excluding carboxylic acids is 1. The van der Waals surface area contributed by atoms with Gasteiger partial charge in [0, 0.05) is 42.9 Å². The molecule has 2 aromatic rings. The maximum atomic E-state index is 13.4. The maximum absolute atomic E-state index is 13.4. The largest absolute Gasteiger partial charge is 0.449 e. The number of amides is 1. The Kier molecular flexibility index (Phi) is 7.18. The minimum atomic E-state index is -0.626. The van der Waals surface area contributed by atoms with Crippen LogP contribution >= 0.6 is 35.6 Å². The lowest BCUT2D eigenvalue weighted by Gasteiger charge is -2.42. The van der Waals surface area contributed by atoms with E-state index in [1.807, 2.05) is 11.0 Å². The second-order valence-corrected chi connectivity index (χ2v) is 12.4. The zero-order valence-corrected chi connectivity index (χ0v) is 21.9. The van der Waals surface area contributed by atoms with Gasteiger partial charge in [-0.15, -0.1) is 35.6 Å². The molecular weight excluding hydrogens is 469 g/mol. The number of furan rings is 1. The summed E-state index contributed by atoms with van der Waals surface area (Å²) in [6, 6.07) is 3.99. The summed E-state index contributed by atoms with van der Waals surface area (Å²) in [5.41, 5.74) is 3.19. The average Bonchev–Trinajstić information content (AvgIpc) is 3.09. The molecule has 8 heteroatoms. The highest BCUT2D eigenvalue weighted by Crippen LogP contribution is 2.44. The number of hydrogen-bond acceptors (Lipinski definition) is 4. The Balaban J connectivity index is 0.00000289. The zero-order valence-electron chi connectivity index (χ0n) is 19.6.